The van der Waals surface area contributed by atoms with Gasteiger partial charge in [0.15, 0.2) is 0 Å². The number of esters is 2. The summed E-state index contributed by atoms with van der Waals surface area (Å²) in [5.74, 6) is 0.909. The standard InChI is InChI=1S/C22H24O4/c1-3-4-9-17-15-11-10-13-12(2)22(19(13)18(15)21(24)25-17)16-8-6-5-7-14(16)20(23)26-22/h5,7,9,12-13,19H,3-4,6,8,10-11H2,1-2H3/b17-9+/t12-,13+,19-,22+/m0/s1. The third-order valence-corrected chi connectivity index (χ3v) is 7.03. The lowest BCUT2D eigenvalue weighted by atomic mass is 9.46. The van der Waals surface area contributed by atoms with E-state index < -0.39 is 5.60 Å². The molecule has 1 saturated carbocycles. The molecular formula is C22H24O4. The molecule has 1 fully saturated rings. The van der Waals surface area contributed by atoms with Crippen LogP contribution in [-0.2, 0) is 19.1 Å². The van der Waals surface area contributed by atoms with Gasteiger partial charge in [-0.3, -0.25) is 0 Å². The van der Waals surface area contributed by atoms with E-state index in [2.05, 4.69) is 13.8 Å². The van der Waals surface area contributed by atoms with Crippen LogP contribution in [0.4, 0.5) is 0 Å². The van der Waals surface area contributed by atoms with Crippen molar-refractivity contribution in [2.24, 2.45) is 17.8 Å². The SMILES string of the molecule is CCC/C=C1/OC(=O)C2=C1CC[C@H]1[C@@H]2[C@@]2(OC(=O)C3=C2CCC=C3)[C@H]1C. The Labute approximate surface area is 153 Å². The Kier molecular flexibility index (Phi) is 3.37. The average molecular weight is 352 g/mol. The van der Waals surface area contributed by atoms with Crippen molar-refractivity contribution >= 4 is 11.9 Å². The number of hydrogen-bond donors (Lipinski definition) is 0. The summed E-state index contributed by atoms with van der Waals surface area (Å²) >= 11 is 0. The largest absolute Gasteiger partial charge is 0.450 e. The molecule has 0 aromatic heterocycles. The van der Waals surface area contributed by atoms with Crippen LogP contribution in [0.15, 0.2) is 46.3 Å². The maximum absolute atomic E-state index is 12.8. The van der Waals surface area contributed by atoms with Crippen LogP contribution in [0.25, 0.3) is 0 Å². The van der Waals surface area contributed by atoms with Crippen LogP contribution in [0.1, 0.15) is 52.4 Å². The second kappa shape index (κ2) is 5.45. The number of unbranched alkanes of at least 4 members (excludes halogenated alkanes) is 1. The molecular weight excluding hydrogens is 328 g/mol. The maximum Gasteiger partial charge on any atom is 0.340 e. The van der Waals surface area contributed by atoms with Crippen molar-refractivity contribution in [1.29, 1.82) is 0 Å². The fourth-order valence-electron chi connectivity index (χ4n) is 5.88. The lowest BCUT2D eigenvalue weighted by molar-refractivity contribution is -0.192. The molecule has 136 valence electrons. The van der Waals surface area contributed by atoms with E-state index in [1.807, 2.05) is 18.2 Å². The van der Waals surface area contributed by atoms with Crippen LogP contribution in [0.5, 0.6) is 0 Å². The Morgan fingerprint density at radius 1 is 1.27 bits per heavy atom. The number of rotatable bonds is 2. The van der Waals surface area contributed by atoms with Gasteiger partial charge in [0.1, 0.15) is 11.4 Å². The topological polar surface area (TPSA) is 52.6 Å². The highest BCUT2D eigenvalue weighted by atomic mass is 16.6. The van der Waals surface area contributed by atoms with Gasteiger partial charge in [0.2, 0.25) is 0 Å². The number of carbonyl (C=O) groups is 2. The van der Waals surface area contributed by atoms with Crippen LogP contribution in [0.2, 0.25) is 0 Å². The summed E-state index contributed by atoms with van der Waals surface area (Å²) < 4.78 is 11.7. The van der Waals surface area contributed by atoms with Gasteiger partial charge in [-0.2, -0.15) is 0 Å². The fraction of sp³-hybridized carbons (Fsp3) is 0.545. The summed E-state index contributed by atoms with van der Waals surface area (Å²) in [5.41, 5.74) is 3.07. The highest BCUT2D eigenvalue weighted by Crippen LogP contribution is 2.67. The number of allylic oxidation sites excluding steroid dienone is 3. The van der Waals surface area contributed by atoms with Crippen molar-refractivity contribution in [2.75, 3.05) is 0 Å². The summed E-state index contributed by atoms with van der Waals surface area (Å²) in [6, 6.07) is 0. The van der Waals surface area contributed by atoms with E-state index in [1.165, 1.54) is 0 Å². The van der Waals surface area contributed by atoms with E-state index in [0.717, 1.165) is 66.6 Å². The number of ether oxygens (including phenoxy) is 2. The van der Waals surface area contributed by atoms with E-state index in [4.69, 9.17) is 9.47 Å². The third-order valence-electron chi connectivity index (χ3n) is 7.03. The van der Waals surface area contributed by atoms with Crippen LogP contribution < -0.4 is 0 Å². The summed E-state index contributed by atoms with van der Waals surface area (Å²) in [5, 5.41) is 0. The molecule has 2 heterocycles. The predicted octanol–water partition coefficient (Wildman–Crippen LogP) is 4.14. The Hall–Kier alpha value is -2.10. The Morgan fingerprint density at radius 2 is 2.12 bits per heavy atom. The van der Waals surface area contributed by atoms with Crippen molar-refractivity contribution in [3.8, 4) is 0 Å². The first-order chi connectivity index (χ1) is 12.6. The molecule has 0 N–H and O–H groups in total. The molecule has 3 aliphatic carbocycles. The van der Waals surface area contributed by atoms with Gasteiger partial charge >= 0.3 is 11.9 Å². The molecule has 0 aromatic carbocycles. The zero-order valence-corrected chi connectivity index (χ0v) is 15.3. The van der Waals surface area contributed by atoms with E-state index in [0.29, 0.717) is 5.92 Å². The van der Waals surface area contributed by atoms with Gasteiger partial charge in [-0.25, -0.2) is 9.59 Å². The van der Waals surface area contributed by atoms with Gasteiger partial charge in [-0.15, -0.1) is 0 Å². The van der Waals surface area contributed by atoms with E-state index in [9.17, 15) is 9.59 Å². The molecule has 0 amide bonds. The summed E-state index contributed by atoms with van der Waals surface area (Å²) in [6.07, 6.45) is 11.6. The molecule has 0 bridgehead atoms. The first kappa shape index (κ1) is 16.1. The van der Waals surface area contributed by atoms with Gasteiger partial charge < -0.3 is 9.47 Å². The minimum Gasteiger partial charge on any atom is -0.450 e. The highest BCUT2D eigenvalue weighted by molar-refractivity contribution is 5.99. The quantitative estimate of drug-likeness (QED) is 0.701. The lowest BCUT2D eigenvalue weighted by Crippen LogP contribution is -2.64. The number of fused-ring (bicyclic) bond motifs is 4. The van der Waals surface area contributed by atoms with Crippen molar-refractivity contribution in [3.63, 3.8) is 0 Å². The zero-order chi connectivity index (χ0) is 18.1. The Morgan fingerprint density at radius 3 is 2.92 bits per heavy atom. The Balaban J connectivity index is 1.62. The van der Waals surface area contributed by atoms with E-state index in [1.54, 1.807) is 0 Å². The third kappa shape index (κ3) is 1.80. The molecule has 2 aliphatic heterocycles. The van der Waals surface area contributed by atoms with Crippen LogP contribution in [0.3, 0.4) is 0 Å². The summed E-state index contributed by atoms with van der Waals surface area (Å²) in [6.45, 7) is 4.30. The van der Waals surface area contributed by atoms with E-state index in [-0.39, 0.29) is 23.8 Å². The van der Waals surface area contributed by atoms with Crippen LogP contribution in [-0.4, -0.2) is 17.5 Å². The van der Waals surface area contributed by atoms with Gasteiger partial charge in [0.05, 0.1) is 11.1 Å². The molecule has 4 nitrogen and oxygen atoms in total. The smallest absolute Gasteiger partial charge is 0.340 e. The average Bonchev–Trinajstić information content (AvgIpc) is 3.15. The normalized spacial score (nSPS) is 39.0. The van der Waals surface area contributed by atoms with Crippen molar-refractivity contribution < 1.29 is 19.1 Å². The minimum atomic E-state index is -0.623. The van der Waals surface area contributed by atoms with Gasteiger partial charge in [0.25, 0.3) is 0 Å². The van der Waals surface area contributed by atoms with Gasteiger partial charge in [0, 0.05) is 17.4 Å². The molecule has 0 radical (unpaired) electrons. The van der Waals surface area contributed by atoms with Crippen molar-refractivity contribution in [1.82, 2.24) is 0 Å². The maximum atomic E-state index is 12.8. The molecule has 26 heavy (non-hydrogen) atoms. The number of cyclic esters (lactones) is 1. The molecule has 0 aromatic rings. The second-order valence-electron chi connectivity index (χ2n) is 8.12. The summed E-state index contributed by atoms with van der Waals surface area (Å²) in [4.78, 5) is 25.3. The van der Waals surface area contributed by atoms with Gasteiger partial charge in [-0.1, -0.05) is 32.4 Å². The molecule has 0 saturated heterocycles. The van der Waals surface area contributed by atoms with Gasteiger partial charge in [-0.05, 0) is 49.7 Å². The fourth-order valence-corrected chi connectivity index (χ4v) is 5.88. The molecule has 5 aliphatic rings. The monoisotopic (exact) mass is 352 g/mol. The van der Waals surface area contributed by atoms with Crippen LogP contribution >= 0.6 is 0 Å². The van der Waals surface area contributed by atoms with Crippen molar-refractivity contribution in [3.05, 3.63) is 46.3 Å². The molecule has 1 spiro atoms. The molecule has 4 heteroatoms. The van der Waals surface area contributed by atoms with E-state index >= 15 is 0 Å². The predicted molar refractivity (Wildman–Crippen MR) is 95.7 cm³/mol. The van der Waals surface area contributed by atoms with Crippen LogP contribution in [0, 0.1) is 17.8 Å². The lowest BCUT2D eigenvalue weighted by Gasteiger charge is -2.60. The molecule has 0 unspecified atom stereocenters. The Bertz CT molecular complexity index is 840. The molecule has 5 rings (SSSR count). The first-order valence-electron chi connectivity index (χ1n) is 9.88. The second-order valence-corrected chi connectivity index (χ2v) is 8.12. The minimum absolute atomic E-state index is 0.0378. The summed E-state index contributed by atoms with van der Waals surface area (Å²) in [7, 11) is 0. The zero-order valence-electron chi connectivity index (χ0n) is 15.3. The van der Waals surface area contributed by atoms with Crippen molar-refractivity contribution in [2.45, 2.75) is 58.0 Å². The first-order valence-corrected chi connectivity index (χ1v) is 9.88. The number of hydrogen-bond acceptors (Lipinski definition) is 4. The molecule has 4 atom stereocenters. The number of carbonyl (C=O) groups excluding carboxylic acids is 2. The highest BCUT2D eigenvalue weighted by Gasteiger charge is 2.70.